The fourth-order valence-electron chi connectivity index (χ4n) is 0.676. The Bertz CT molecular complexity index is 310. The molecule has 0 saturated carbocycles. The first-order chi connectivity index (χ1) is 5.24. The minimum Gasteiger partial charge on any atom is -0.192 e. The van der Waals surface area contributed by atoms with E-state index in [0.717, 1.165) is 8.43 Å². The van der Waals surface area contributed by atoms with Gasteiger partial charge in [0, 0.05) is 0 Å². The van der Waals surface area contributed by atoms with Crippen LogP contribution in [0.4, 0.5) is 0 Å². The summed E-state index contributed by atoms with van der Waals surface area (Å²) in [6.45, 7) is 0. The summed E-state index contributed by atoms with van der Waals surface area (Å²) in [5.41, 5.74) is 1.67. The van der Waals surface area contributed by atoms with Crippen LogP contribution >= 0.6 is 34.8 Å². The van der Waals surface area contributed by atoms with Crippen LogP contribution in [0.15, 0.2) is 24.3 Å². The van der Waals surface area contributed by atoms with Gasteiger partial charge in [-0.05, 0) is 40.3 Å². The molecular formula is C8H4INS. The molecule has 0 unspecified atom stereocenters. The lowest BCUT2D eigenvalue weighted by Crippen LogP contribution is -1.84. The fourth-order valence-corrected chi connectivity index (χ4v) is 1.17. The summed E-state index contributed by atoms with van der Waals surface area (Å²) in [6, 6.07) is 9.28. The molecule has 0 aliphatic carbocycles. The van der Waals surface area contributed by atoms with Gasteiger partial charge in [0.15, 0.2) is 0 Å². The van der Waals surface area contributed by atoms with Gasteiger partial charge in [0.1, 0.15) is 0 Å². The molecule has 54 valence electrons. The third-order valence-corrected chi connectivity index (χ3v) is 2.10. The zero-order chi connectivity index (χ0) is 8.27. The largest absolute Gasteiger partial charge is 0.192 e. The molecule has 0 aliphatic rings. The van der Waals surface area contributed by atoms with E-state index in [-0.39, 0.29) is 0 Å². The summed E-state index contributed by atoms with van der Waals surface area (Å²) >= 11 is 7.03. The van der Waals surface area contributed by atoms with Gasteiger partial charge in [-0.25, -0.2) is 0 Å². The molecule has 0 radical (unpaired) electrons. The van der Waals surface area contributed by atoms with E-state index in [1.54, 1.807) is 12.1 Å². The molecule has 0 aliphatic heterocycles. The maximum absolute atomic E-state index is 8.48. The van der Waals surface area contributed by atoms with Gasteiger partial charge in [-0.3, -0.25) is 0 Å². The van der Waals surface area contributed by atoms with Crippen molar-refractivity contribution in [2.45, 2.75) is 0 Å². The molecular weight excluding hydrogens is 269 g/mol. The standard InChI is InChI=1S/C8H4INS/c9-8(11)7-3-1-6(5-10)2-4-7/h1-4H. The van der Waals surface area contributed by atoms with E-state index in [2.05, 4.69) is 22.6 Å². The number of thiocarbonyl (C=S) groups is 1. The van der Waals surface area contributed by atoms with Crippen LogP contribution in [0, 0.1) is 11.3 Å². The Morgan fingerprint density at radius 2 is 1.91 bits per heavy atom. The van der Waals surface area contributed by atoms with Crippen molar-refractivity contribution in [3.63, 3.8) is 0 Å². The molecule has 0 aromatic heterocycles. The van der Waals surface area contributed by atoms with Crippen LogP contribution in [0.2, 0.25) is 0 Å². The van der Waals surface area contributed by atoms with Crippen molar-refractivity contribution >= 4 is 37.7 Å². The van der Waals surface area contributed by atoms with Crippen LogP contribution in [0.3, 0.4) is 0 Å². The van der Waals surface area contributed by atoms with Crippen molar-refractivity contribution in [1.29, 1.82) is 5.26 Å². The van der Waals surface area contributed by atoms with Gasteiger partial charge in [-0.1, -0.05) is 24.4 Å². The van der Waals surface area contributed by atoms with Crippen molar-refractivity contribution in [2.24, 2.45) is 0 Å². The van der Waals surface area contributed by atoms with Gasteiger partial charge in [0.2, 0.25) is 0 Å². The number of nitriles is 1. The van der Waals surface area contributed by atoms with Crippen molar-refractivity contribution in [2.75, 3.05) is 0 Å². The van der Waals surface area contributed by atoms with Crippen molar-refractivity contribution in [1.82, 2.24) is 0 Å². The third-order valence-electron chi connectivity index (χ3n) is 1.24. The molecule has 0 N–H and O–H groups in total. The van der Waals surface area contributed by atoms with Crippen molar-refractivity contribution in [3.05, 3.63) is 35.4 Å². The molecule has 0 heterocycles. The minimum atomic E-state index is 0.668. The fraction of sp³-hybridized carbons (Fsp3) is 0. The Morgan fingerprint density at radius 1 is 1.36 bits per heavy atom. The molecule has 11 heavy (non-hydrogen) atoms. The number of nitrogens with zero attached hydrogens (tertiary/aromatic N) is 1. The lowest BCUT2D eigenvalue weighted by Gasteiger charge is -1.93. The maximum atomic E-state index is 8.48. The van der Waals surface area contributed by atoms with E-state index in [4.69, 9.17) is 17.5 Å². The molecule has 1 aromatic carbocycles. The van der Waals surface area contributed by atoms with Gasteiger partial charge in [0.05, 0.1) is 14.5 Å². The van der Waals surface area contributed by atoms with Crippen LogP contribution in [-0.2, 0) is 0 Å². The first kappa shape index (κ1) is 8.62. The van der Waals surface area contributed by atoms with Crippen LogP contribution in [0.1, 0.15) is 11.1 Å². The van der Waals surface area contributed by atoms with Gasteiger partial charge in [-0.2, -0.15) is 5.26 Å². The minimum absolute atomic E-state index is 0.668. The lowest BCUT2D eigenvalue weighted by atomic mass is 10.2. The molecule has 0 saturated heterocycles. The number of halogens is 1. The molecule has 0 fully saturated rings. The summed E-state index contributed by atoms with van der Waals surface area (Å²) in [7, 11) is 0. The molecule has 0 spiro atoms. The zero-order valence-corrected chi connectivity index (χ0v) is 8.52. The van der Waals surface area contributed by atoms with Crippen molar-refractivity contribution in [3.8, 4) is 6.07 Å². The predicted molar refractivity (Wildman–Crippen MR) is 56.9 cm³/mol. The molecule has 0 bridgehead atoms. The van der Waals surface area contributed by atoms with Gasteiger partial charge < -0.3 is 0 Å². The number of hydrogen-bond donors (Lipinski definition) is 0. The molecule has 1 nitrogen and oxygen atoms in total. The second-order valence-corrected chi connectivity index (χ2v) is 4.18. The average Bonchev–Trinajstić information content (AvgIpc) is 2.05. The Balaban J connectivity index is 3.03. The van der Waals surface area contributed by atoms with E-state index in [0.29, 0.717) is 5.56 Å². The highest BCUT2D eigenvalue weighted by molar-refractivity contribution is 14.1. The Kier molecular flexibility index (Phi) is 2.97. The second-order valence-electron chi connectivity index (χ2n) is 1.96. The third kappa shape index (κ3) is 2.24. The first-order valence-corrected chi connectivity index (χ1v) is 4.43. The van der Waals surface area contributed by atoms with E-state index in [1.165, 1.54) is 0 Å². The highest BCUT2D eigenvalue weighted by atomic mass is 127. The highest BCUT2D eigenvalue weighted by Gasteiger charge is 1.95. The summed E-state index contributed by atoms with van der Waals surface area (Å²) in [6.07, 6.45) is 0. The Labute approximate surface area is 84.2 Å². The first-order valence-electron chi connectivity index (χ1n) is 2.94. The van der Waals surface area contributed by atoms with Gasteiger partial charge in [-0.15, -0.1) is 0 Å². The van der Waals surface area contributed by atoms with E-state index < -0.39 is 0 Å². The second kappa shape index (κ2) is 3.79. The van der Waals surface area contributed by atoms with Crippen LogP contribution < -0.4 is 0 Å². The van der Waals surface area contributed by atoms with Crippen molar-refractivity contribution < 1.29 is 0 Å². The molecule has 1 aromatic rings. The predicted octanol–water partition coefficient (Wildman–Crippen LogP) is 2.67. The van der Waals surface area contributed by atoms with Gasteiger partial charge >= 0.3 is 0 Å². The van der Waals surface area contributed by atoms with Crippen LogP contribution in [-0.4, -0.2) is 2.87 Å². The number of benzene rings is 1. The summed E-state index contributed by atoms with van der Waals surface area (Å²) in [5, 5.41) is 8.48. The zero-order valence-electron chi connectivity index (χ0n) is 5.54. The van der Waals surface area contributed by atoms with Gasteiger partial charge in [0.25, 0.3) is 0 Å². The Morgan fingerprint density at radius 3 is 2.27 bits per heavy atom. The number of rotatable bonds is 1. The molecule has 3 heteroatoms. The lowest BCUT2D eigenvalue weighted by molar-refractivity contribution is 1.48. The van der Waals surface area contributed by atoms with Crippen LogP contribution in [0.25, 0.3) is 0 Å². The maximum Gasteiger partial charge on any atom is 0.0991 e. The molecule has 0 atom stereocenters. The monoisotopic (exact) mass is 273 g/mol. The summed E-state index contributed by atoms with van der Waals surface area (Å²) in [4.78, 5) is 0. The van der Waals surface area contributed by atoms with E-state index >= 15 is 0 Å². The number of hydrogen-bond acceptors (Lipinski definition) is 2. The Hall–Kier alpha value is -0.470. The van der Waals surface area contributed by atoms with E-state index in [9.17, 15) is 0 Å². The quantitative estimate of drug-likeness (QED) is 0.446. The summed E-state index contributed by atoms with van der Waals surface area (Å²) in [5.74, 6) is 0. The molecule has 0 amide bonds. The van der Waals surface area contributed by atoms with Crippen LogP contribution in [0.5, 0.6) is 0 Å². The highest BCUT2D eigenvalue weighted by Crippen LogP contribution is 2.08. The summed E-state index contributed by atoms with van der Waals surface area (Å²) < 4.78 is 0.826. The topological polar surface area (TPSA) is 23.8 Å². The molecule has 1 rings (SSSR count). The normalized spacial score (nSPS) is 8.73. The SMILES string of the molecule is N#Cc1ccc(C(=S)I)cc1. The smallest absolute Gasteiger partial charge is 0.0991 e. The van der Waals surface area contributed by atoms with E-state index in [1.807, 2.05) is 18.2 Å². The average molecular weight is 273 g/mol.